The zero-order valence-corrected chi connectivity index (χ0v) is 22.8. The first-order chi connectivity index (χ1) is 18.2. The van der Waals surface area contributed by atoms with Gasteiger partial charge < -0.3 is 9.47 Å². The molecule has 0 aliphatic heterocycles. The molecule has 0 unspecified atom stereocenters. The second-order valence-electron chi connectivity index (χ2n) is 10.6. The van der Waals surface area contributed by atoms with Gasteiger partial charge in [-0.2, -0.15) is 0 Å². The summed E-state index contributed by atoms with van der Waals surface area (Å²) in [5, 5.41) is 8.95. The SMILES string of the molecule is CCCCCOc1ccc2n[n+](CC(=O)c3cc(COCc4ccccc4)cc(C(C)(C)C)c3)c(N)n2n1. The van der Waals surface area contributed by atoms with E-state index in [2.05, 4.69) is 44.0 Å². The molecule has 4 rings (SSSR count). The van der Waals surface area contributed by atoms with Crippen LogP contribution in [-0.4, -0.2) is 27.1 Å². The third-order valence-electron chi connectivity index (χ3n) is 6.35. The molecule has 0 atom stereocenters. The van der Waals surface area contributed by atoms with Crippen LogP contribution in [0.1, 0.15) is 74.0 Å². The van der Waals surface area contributed by atoms with Gasteiger partial charge >= 0.3 is 5.95 Å². The van der Waals surface area contributed by atoms with Crippen molar-refractivity contribution in [1.29, 1.82) is 0 Å². The minimum atomic E-state index is -0.128. The van der Waals surface area contributed by atoms with Crippen molar-refractivity contribution >= 4 is 17.4 Å². The molecule has 0 bridgehead atoms. The molecule has 0 aliphatic rings. The zero-order chi connectivity index (χ0) is 27.1. The highest BCUT2D eigenvalue weighted by Gasteiger charge is 2.23. The fraction of sp³-hybridized carbons (Fsp3) is 0.400. The Morgan fingerprint density at radius 3 is 2.50 bits per heavy atom. The van der Waals surface area contributed by atoms with Crippen LogP contribution in [0.4, 0.5) is 5.95 Å². The summed E-state index contributed by atoms with van der Waals surface area (Å²) in [4.78, 5) is 13.4. The molecule has 4 aromatic rings. The smallest absolute Gasteiger partial charge is 0.401 e. The standard InChI is InChI=1S/C30H37N5O3/c1-5-6-10-15-38-28-14-13-27-32-34(29(31)35(27)33-28)19-26(36)24-16-23(17-25(18-24)30(2,3)4)21-37-20-22-11-8-7-9-12-22/h7-9,11-14,16-18,31H,5-6,10,15,19-21H2,1-4H3/p+1. The van der Waals surface area contributed by atoms with Crippen LogP contribution in [0.5, 0.6) is 5.88 Å². The Hall–Kier alpha value is -3.78. The maximum absolute atomic E-state index is 13.4. The molecule has 0 fully saturated rings. The van der Waals surface area contributed by atoms with E-state index in [-0.39, 0.29) is 23.7 Å². The monoisotopic (exact) mass is 516 g/mol. The molecular formula is C30H38N5O3+. The molecule has 8 heteroatoms. The normalized spacial score (nSPS) is 11.7. The number of nitrogen functional groups attached to an aromatic ring is 1. The Morgan fingerprint density at radius 1 is 1.00 bits per heavy atom. The van der Waals surface area contributed by atoms with Gasteiger partial charge in [-0.3, -0.25) is 10.5 Å². The van der Waals surface area contributed by atoms with Gasteiger partial charge in [0, 0.05) is 17.7 Å². The molecule has 0 amide bonds. The molecule has 0 spiro atoms. The van der Waals surface area contributed by atoms with Crippen molar-refractivity contribution in [1.82, 2.24) is 14.7 Å². The summed E-state index contributed by atoms with van der Waals surface area (Å²) in [6, 6.07) is 19.6. The number of nitrogens with two attached hydrogens (primary N) is 1. The third-order valence-corrected chi connectivity index (χ3v) is 6.35. The average Bonchev–Trinajstić information content (AvgIpc) is 3.21. The predicted octanol–water partition coefficient (Wildman–Crippen LogP) is 5.07. The summed E-state index contributed by atoms with van der Waals surface area (Å²) in [6.07, 6.45) is 3.20. The van der Waals surface area contributed by atoms with Gasteiger partial charge in [-0.15, -0.1) is 4.68 Å². The summed E-state index contributed by atoms with van der Waals surface area (Å²) >= 11 is 0. The largest absolute Gasteiger partial charge is 0.476 e. The van der Waals surface area contributed by atoms with Crippen molar-refractivity contribution in [3.8, 4) is 5.88 Å². The van der Waals surface area contributed by atoms with E-state index in [1.54, 1.807) is 12.1 Å². The van der Waals surface area contributed by atoms with Crippen molar-refractivity contribution in [3.63, 3.8) is 0 Å². The number of Topliss-reactive ketones (excluding diaryl/α,β-unsaturated/α-hetero) is 1. The van der Waals surface area contributed by atoms with Crippen LogP contribution in [0.25, 0.3) is 5.65 Å². The number of benzene rings is 2. The lowest BCUT2D eigenvalue weighted by Crippen LogP contribution is -2.42. The molecule has 8 nitrogen and oxygen atoms in total. The van der Waals surface area contributed by atoms with Gasteiger partial charge in [-0.05, 0) is 40.7 Å². The Kier molecular flexibility index (Phi) is 8.73. The summed E-state index contributed by atoms with van der Waals surface area (Å²) in [5.74, 6) is 0.663. The number of unbranched alkanes of at least 4 members (excludes halogenated alkanes) is 2. The Morgan fingerprint density at radius 2 is 1.76 bits per heavy atom. The number of ether oxygens (including phenoxy) is 2. The van der Waals surface area contributed by atoms with E-state index < -0.39 is 0 Å². The highest BCUT2D eigenvalue weighted by Crippen LogP contribution is 2.25. The minimum absolute atomic E-state index is 0.000206. The van der Waals surface area contributed by atoms with Gasteiger partial charge in [0.2, 0.25) is 5.88 Å². The second kappa shape index (κ2) is 12.2. The van der Waals surface area contributed by atoms with Crippen LogP contribution < -0.4 is 15.2 Å². The van der Waals surface area contributed by atoms with E-state index in [4.69, 9.17) is 15.2 Å². The lowest BCUT2D eigenvalue weighted by molar-refractivity contribution is -0.723. The van der Waals surface area contributed by atoms with Crippen molar-refractivity contribution < 1.29 is 19.0 Å². The van der Waals surface area contributed by atoms with Crippen LogP contribution in [0.15, 0.2) is 60.7 Å². The number of aromatic nitrogens is 4. The van der Waals surface area contributed by atoms with Crippen molar-refractivity contribution in [2.45, 2.75) is 72.1 Å². The number of nitrogens with zero attached hydrogens (tertiary/aromatic N) is 4. The molecule has 2 aromatic heterocycles. The van der Waals surface area contributed by atoms with E-state index in [1.807, 2.05) is 42.5 Å². The fourth-order valence-electron chi connectivity index (χ4n) is 4.11. The molecule has 0 saturated carbocycles. The Balaban J connectivity index is 1.51. The summed E-state index contributed by atoms with van der Waals surface area (Å²) < 4.78 is 14.7. The maximum atomic E-state index is 13.4. The molecule has 38 heavy (non-hydrogen) atoms. The second-order valence-corrected chi connectivity index (χ2v) is 10.6. The van der Waals surface area contributed by atoms with Crippen molar-refractivity contribution in [2.24, 2.45) is 0 Å². The maximum Gasteiger partial charge on any atom is 0.401 e. The van der Waals surface area contributed by atoms with Gasteiger partial charge in [-0.25, -0.2) is 0 Å². The fourth-order valence-corrected chi connectivity index (χ4v) is 4.11. The first-order valence-corrected chi connectivity index (χ1v) is 13.2. The molecule has 0 saturated heterocycles. The van der Waals surface area contributed by atoms with Crippen LogP contribution >= 0.6 is 0 Å². The molecule has 2 heterocycles. The Bertz CT molecular complexity index is 1380. The highest BCUT2D eigenvalue weighted by molar-refractivity contribution is 5.95. The molecular weight excluding hydrogens is 478 g/mol. The molecule has 0 aliphatic carbocycles. The van der Waals surface area contributed by atoms with E-state index >= 15 is 0 Å². The number of carbonyl (C=O) groups excluding carboxylic acids is 1. The van der Waals surface area contributed by atoms with Crippen molar-refractivity contribution in [3.05, 3.63) is 82.9 Å². The molecule has 2 N–H and O–H groups in total. The van der Waals surface area contributed by atoms with Crippen molar-refractivity contribution in [2.75, 3.05) is 12.3 Å². The molecule has 0 radical (unpaired) electrons. The summed E-state index contributed by atoms with van der Waals surface area (Å²) in [7, 11) is 0. The Labute approximate surface area is 224 Å². The summed E-state index contributed by atoms with van der Waals surface area (Å²) in [5.41, 5.74) is 10.5. The van der Waals surface area contributed by atoms with E-state index in [0.29, 0.717) is 36.9 Å². The number of ketones is 1. The van der Waals surface area contributed by atoms with Gasteiger partial charge in [0.25, 0.3) is 5.65 Å². The minimum Gasteiger partial charge on any atom is -0.476 e. The lowest BCUT2D eigenvalue weighted by atomic mass is 9.84. The quantitative estimate of drug-likeness (QED) is 0.161. The van der Waals surface area contributed by atoms with Gasteiger partial charge in [0.1, 0.15) is 0 Å². The zero-order valence-electron chi connectivity index (χ0n) is 22.8. The highest BCUT2D eigenvalue weighted by atomic mass is 16.5. The van der Waals surface area contributed by atoms with Crippen LogP contribution in [0, 0.1) is 0 Å². The van der Waals surface area contributed by atoms with E-state index in [1.165, 1.54) is 9.20 Å². The van der Waals surface area contributed by atoms with Crippen LogP contribution in [-0.2, 0) is 29.9 Å². The van der Waals surface area contributed by atoms with E-state index in [0.717, 1.165) is 36.0 Å². The van der Waals surface area contributed by atoms with Gasteiger partial charge in [-0.1, -0.05) is 91.6 Å². The van der Waals surface area contributed by atoms with Crippen LogP contribution in [0.2, 0.25) is 0 Å². The molecule has 200 valence electrons. The first-order valence-electron chi connectivity index (χ1n) is 13.2. The number of anilines is 1. The van der Waals surface area contributed by atoms with Crippen LogP contribution in [0.3, 0.4) is 0 Å². The number of hydrogen-bond donors (Lipinski definition) is 1. The van der Waals surface area contributed by atoms with E-state index in [9.17, 15) is 4.79 Å². The number of rotatable bonds is 12. The summed E-state index contributed by atoms with van der Waals surface area (Å²) in [6.45, 7) is 10.1. The number of fused-ring (bicyclic) bond motifs is 1. The third kappa shape index (κ3) is 6.95. The number of carbonyl (C=O) groups is 1. The lowest BCUT2D eigenvalue weighted by Gasteiger charge is -2.21. The van der Waals surface area contributed by atoms with Gasteiger partial charge in [0.05, 0.1) is 19.8 Å². The predicted molar refractivity (Wildman–Crippen MR) is 147 cm³/mol. The average molecular weight is 517 g/mol. The topological polar surface area (TPSA) is 95.6 Å². The number of hydrogen-bond acceptors (Lipinski definition) is 6. The first kappa shape index (κ1) is 27.3. The van der Waals surface area contributed by atoms with Gasteiger partial charge in [0.15, 0.2) is 12.3 Å². The molecule has 2 aromatic carbocycles.